The molecule has 3 aliphatic carbocycles. The van der Waals surface area contributed by atoms with Crippen LogP contribution in [0.5, 0.6) is 40.2 Å². The molecule has 2 radical (unpaired) electrons. The maximum Gasteiger partial charge on any atom is 0.387 e. The minimum atomic E-state index is -3.14. The third-order valence-electron chi connectivity index (χ3n) is 20.4. The minimum absolute atomic E-state index is 0. The van der Waals surface area contributed by atoms with Crippen LogP contribution in [-0.4, -0.2) is 177 Å². The summed E-state index contributed by atoms with van der Waals surface area (Å²) in [6.07, 6.45) is 8.46. The fraction of sp³-hybridized carbons (Fsp3) is 0.302. The summed E-state index contributed by atoms with van der Waals surface area (Å²) in [6, 6.07) is 22.5. The molecular weight excluding hydrogens is 2140 g/mol. The molecule has 0 unspecified atom stereocenters. The van der Waals surface area contributed by atoms with Gasteiger partial charge in [0.15, 0.2) is 71.7 Å². The normalized spacial score (nSPS) is 14.2. The third kappa shape index (κ3) is 30.5. The van der Waals surface area contributed by atoms with Crippen LogP contribution in [0.2, 0.25) is 30.1 Å². The van der Waals surface area contributed by atoms with Gasteiger partial charge in [-0.15, -0.1) is 0 Å². The first-order chi connectivity index (χ1) is 64.1. The topological polar surface area (TPSA) is 543 Å². The number of hydrogen-bond donors (Lipinski definition) is 3. The van der Waals surface area contributed by atoms with E-state index < -0.39 is 146 Å². The van der Waals surface area contributed by atoms with E-state index in [4.69, 9.17) is 122 Å². The van der Waals surface area contributed by atoms with Crippen molar-refractivity contribution in [3.8, 4) is 40.2 Å². The number of carbonyl (C=O) groups is 9. The monoisotopic (exact) mass is 2220 g/mol. The Morgan fingerprint density at radius 1 is 0.432 bits per heavy atom. The molecule has 0 spiro atoms. The summed E-state index contributed by atoms with van der Waals surface area (Å²) in [4.78, 5) is 139. The largest absolute Gasteiger partial charge is 0.619 e. The smallest absolute Gasteiger partial charge is 0.387 e. The van der Waals surface area contributed by atoms with Crippen molar-refractivity contribution in [2.75, 3.05) is 39.5 Å². The minimum Gasteiger partial charge on any atom is -0.619 e. The van der Waals surface area contributed by atoms with Gasteiger partial charge in [-0.1, -0.05) is 103 Å². The first-order valence-corrected chi connectivity index (χ1v) is 48.9. The quantitative estimate of drug-likeness (QED) is 0.00485. The summed E-state index contributed by atoms with van der Waals surface area (Å²) in [6.45, 7) is -10.7. The number of aliphatic carboxylic acids is 1. The molecule has 6 amide bonds. The average Bonchev–Trinajstić information content (AvgIpc) is 1.63. The van der Waals surface area contributed by atoms with Gasteiger partial charge >= 0.3 is 74.5 Å². The van der Waals surface area contributed by atoms with Gasteiger partial charge in [0.25, 0.3) is 46.8 Å². The Bertz CT molecular complexity index is 6020. The van der Waals surface area contributed by atoms with Gasteiger partial charge in [0.1, 0.15) is 67.7 Å². The summed E-state index contributed by atoms with van der Waals surface area (Å²) in [5, 5.41) is 75.7. The Hall–Kier alpha value is -12.1. The number of aliphatic hydroxyl groups excluding tert-OH is 1. The van der Waals surface area contributed by atoms with Crippen molar-refractivity contribution in [1.29, 1.82) is 0 Å². The van der Waals surface area contributed by atoms with Crippen LogP contribution in [0, 0.1) is 53.6 Å². The zero-order valence-corrected chi connectivity index (χ0v) is 78.6. The number of imide groups is 3. The molecular formula is C86H79Cl8F6N9O29Sn. The summed E-state index contributed by atoms with van der Waals surface area (Å²) in [7, 11) is 9.87. The van der Waals surface area contributed by atoms with Crippen molar-refractivity contribution in [2.24, 2.45) is 23.7 Å². The molecule has 3 saturated carbocycles. The predicted molar refractivity (Wildman–Crippen MR) is 483 cm³/mol. The number of benzene rings is 6. The molecule has 744 valence electrons. The van der Waals surface area contributed by atoms with Crippen molar-refractivity contribution in [1.82, 2.24) is 14.7 Å². The summed E-state index contributed by atoms with van der Waals surface area (Å²) < 4.78 is 121. The zero-order chi connectivity index (χ0) is 98.2. The number of nitro benzene ring substituents is 2. The second kappa shape index (κ2) is 51.2. The van der Waals surface area contributed by atoms with Gasteiger partial charge in [0.2, 0.25) is 0 Å². The number of amides is 6. The van der Waals surface area contributed by atoms with Crippen LogP contribution < -0.4 is 53.3 Å². The number of hydrogen-bond acceptors (Lipinski definition) is 27. The Morgan fingerprint density at radius 3 is 1.01 bits per heavy atom. The van der Waals surface area contributed by atoms with Crippen LogP contribution in [0.4, 0.5) is 37.7 Å². The van der Waals surface area contributed by atoms with Crippen molar-refractivity contribution >= 4 is 171 Å². The number of rotatable bonds is 35. The van der Waals surface area contributed by atoms with Crippen molar-refractivity contribution in [3.63, 3.8) is 0 Å². The number of nitrogens with zero attached hydrogens (tertiary/aromatic N) is 8. The van der Waals surface area contributed by atoms with Crippen LogP contribution >= 0.6 is 87.4 Å². The van der Waals surface area contributed by atoms with Crippen molar-refractivity contribution in [2.45, 2.75) is 111 Å². The van der Waals surface area contributed by atoms with E-state index >= 15 is 0 Å². The number of carboxylic acid groups (broad SMARTS) is 1. The molecule has 6 aromatic carbocycles. The molecule has 9 aromatic rings. The molecule has 6 heterocycles. The Balaban J connectivity index is 0.000000258. The molecule has 53 heteroatoms. The Morgan fingerprint density at radius 2 is 0.712 bits per heavy atom. The first-order valence-electron chi connectivity index (χ1n) is 39.4. The van der Waals surface area contributed by atoms with Crippen LogP contribution in [0.15, 0.2) is 146 Å². The molecule has 0 saturated heterocycles. The number of halogens is 14. The van der Waals surface area contributed by atoms with Gasteiger partial charge < -0.3 is 79.5 Å². The van der Waals surface area contributed by atoms with Crippen molar-refractivity contribution < 1.29 is 157 Å². The first kappa shape index (κ1) is 114. The van der Waals surface area contributed by atoms with Gasteiger partial charge in [-0.25, -0.2) is 0 Å². The maximum absolute atomic E-state index is 13.2. The van der Waals surface area contributed by atoms with Gasteiger partial charge in [-0.05, 0) is 140 Å². The average molecular weight is 2220 g/mol. The van der Waals surface area contributed by atoms with E-state index in [0.29, 0.717) is 52.5 Å². The molecule has 38 nitrogen and oxygen atoms in total. The molecule has 3 atom stereocenters. The molecule has 3 aliphatic heterocycles. The number of ether oxygens (including phenoxy) is 8. The Labute approximate surface area is 830 Å². The van der Waals surface area contributed by atoms with E-state index in [0.717, 1.165) is 112 Å². The predicted octanol–water partition coefficient (Wildman–Crippen LogP) is 14.6. The fourth-order valence-corrected chi connectivity index (χ4v) is 15.0. The zero-order valence-electron chi connectivity index (χ0n) is 69.7. The number of fused-ring (bicyclic) bond motifs is 3. The van der Waals surface area contributed by atoms with E-state index in [1.54, 1.807) is 0 Å². The third-order valence-corrected chi connectivity index (χ3v) is 22.3. The van der Waals surface area contributed by atoms with Gasteiger partial charge in [-0.2, -0.15) is 46.4 Å². The maximum atomic E-state index is 13.2. The molecule has 3 fully saturated rings. The summed E-state index contributed by atoms with van der Waals surface area (Å²) in [5.41, 5.74) is 0.581. The van der Waals surface area contributed by atoms with Crippen LogP contribution in [0.3, 0.4) is 0 Å². The number of pyridine rings is 3. The van der Waals surface area contributed by atoms with E-state index in [1.165, 1.54) is 72.8 Å². The number of nitrogens with two attached hydrogens (primary N) is 1. The molecule has 3 aromatic heterocycles. The Kier molecular flexibility index (Phi) is 42.0. The number of alkyl halides is 6. The number of carboxylic acids is 1. The summed E-state index contributed by atoms with van der Waals surface area (Å²) >= 11 is 36.3. The van der Waals surface area contributed by atoms with E-state index in [1.807, 2.05) is 0 Å². The van der Waals surface area contributed by atoms with Crippen molar-refractivity contribution in [3.05, 3.63) is 279 Å². The van der Waals surface area contributed by atoms with Gasteiger partial charge in [-0.3, -0.25) is 78.1 Å². The molecule has 6 aliphatic rings. The summed E-state index contributed by atoms with van der Waals surface area (Å²) in [5.74, 6) is -2.47. The van der Waals surface area contributed by atoms with Crippen LogP contribution in [-0.2, 0) is 43.1 Å². The van der Waals surface area contributed by atoms with Crippen LogP contribution in [0.25, 0.3) is 0 Å². The molecule has 0 bridgehead atoms. The second-order valence-corrected chi connectivity index (χ2v) is 36.5. The number of carbonyl (C=O) groups excluding carboxylic acids is 8. The van der Waals surface area contributed by atoms with Gasteiger partial charge in [0, 0.05) is 60.2 Å². The van der Waals surface area contributed by atoms with Crippen LogP contribution in [0.1, 0.15) is 167 Å². The number of nitro groups is 2. The fourth-order valence-electron chi connectivity index (χ4n) is 13.2. The van der Waals surface area contributed by atoms with E-state index in [9.17, 15) is 110 Å². The number of aromatic nitrogens is 3. The second-order valence-electron chi connectivity index (χ2n) is 29.8. The number of esters is 2. The van der Waals surface area contributed by atoms with Gasteiger partial charge in [0.05, 0.1) is 69.2 Å². The number of aliphatic hydroxyl groups is 1. The number of non-ortho nitro benzene ring substituents is 2. The van der Waals surface area contributed by atoms with E-state index in [-0.39, 0.29) is 202 Å². The SMILES string of the molecule is C.C.NOc1ccc2c(c1)C(=O)N(CC(=O)O[C@@H](Cc1c(Cl)c[n+]([O-])cc1Cl)c1ccc(OC(F)F)c(OCC3CC3)c1)C2=O.O.O.O=C(CN1C(=O)c2ccc([N+](=O)[O-])cc2C1=O)O[C@@H](Cc1c(Cl)c[n+]([O-])cc1Cl)c1ccc(OC(F)F)c(OCC2CC2)c1.O=C(O)CN1C(=O)c2ccc([N+](=O)[O-])cc2C1=O.[Cl][Sn][Cl].[O-][n+]1cc(Cl)c(C[C@H](O)c2ccc(OC(F)F)c(OCC3CC3)c2)c(Cl)c1. The molecule has 139 heavy (non-hydrogen) atoms. The van der Waals surface area contributed by atoms with E-state index in [2.05, 4.69) is 19.0 Å². The molecule has 8 N–H and O–H groups in total. The standard InChI is InChI=1S/C28H21Cl2F2N3O9.C28H23Cl2F2N3O8.C18H17Cl2F2NO4.C10H6N2O6.2CH4.2ClH.2H2O.Sn/c29-20-10-33(39)11-21(30)19(20)9-23(15-3-6-22(44-28(31)32)24(7-15)42-13-14-1-2-14)43-25(36)12-34-26(37)17-5-4-16(35(40)41)8-18(17)27(34)38;29-20-10-34(39)11-21(30)19(20)9-23(15-3-6-22(42-28(31)32)24(7-15)40-13-14-1-2-14)41-25(36)12-35-26(37)17-5-4-16(43-33)8-18(17)27(35)38;19-13-7-23(25)8-14(20)12(13)6-15(24)11-3-4-16(27-18(21)22)17(5-11)26-9-10-1-2-10;13-8(14)4-11-9(15)6-2-1-5(12(17)18)3-7(6)10(11)16;;;;;;;/h3-8,10-11,14,23,28H,1-2,9,12-13H2;3-8,10-11,14,23,28H,1-2,9,12-13,33H2;3-5,7-8,10,15,18,24H,1-2,6,9H2;1-3H,4H2,(H,13,14);2*1H4;2*1H;2*1H2;/q;;;;;;;;;;+2/p-2/t2*23-;15-;;;;;;;;/m000......../s1. The molecule has 15 rings (SSSR count).